The SMILES string of the molecule is [N-]=[N+]=NCC(O)C(O)c1c(Br)cccc1Br. The molecule has 2 unspecified atom stereocenters. The summed E-state index contributed by atoms with van der Waals surface area (Å²) in [6.07, 6.45) is -2.25. The van der Waals surface area contributed by atoms with E-state index in [1.807, 2.05) is 0 Å². The summed E-state index contributed by atoms with van der Waals surface area (Å²) in [5.74, 6) is 0. The minimum absolute atomic E-state index is 0.175. The fourth-order valence-electron chi connectivity index (χ4n) is 1.21. The molecular formula is C9H9Br2N3O2. The molecule has 0 radical (unpaired) electrons. The van der Waals surface area contributed by atoms with Crippen molar-refractivity contribution in [1.29, 1.82) is 0 Å². The molecule has 1 aromatic rings. The number of rotatable bonds is 4. The molecule has 1 aromatic carbocycles. The molecule has 0 amide bonds. The van der Waals surface area contributed by atoms with E-state index in [1.54, 1.807) is 18.2 Å². The van der Waals surface area contributed by atoms with Gasteiger partial charge in [0.25, 0.3) is 0 Å². The third-order valence-corrected chi connectivity index (χ3v) is 3.37. The Labute approximate surface area is 109 Å². The quantitative estimate of drug-likeness (QED) is 0.496. The van der Waals surface area contributed by atoms with Crippen molar-refractivity contribution < 1.29 is 10.2 Å². The van der Waals surface area contributed by atoms with Gasteiger partial charge in [-0.2, -0.15) is 0 Å². The van der Waals surface area contributed by atoms with E-state index in [-0.39, 0.29) is 6.54 Å². The van der Waals surface area contributed by atoms with E-state index in [2.05, 4.69) is 41.9 Å². The fourth-order valence-corrected chi connectivity index (χ4v) is 2.67. The second kappa shape index (κ2) is 6.22. The van der Waals surface area contributed by atoms with Gasteiger partial charge in [-0.15, -0.1) is 0 Å². The topological polar surface area (TPSA) is 89.2 Å². The van der Waals surface area contributed by atoms with E-state index in [9.17, 15) is 10.2 Å². The van der Waals surface area contributed by atoms with Crippen molar-refractivity contribution in [1.82, 2.24) is 0 Å². The number of hydrogen-bond donors (Lipinski definition) is 2. The molecule has 0 spiro atoms. The van der Waals surface area contributed by atoms with E-state index < -0.39 is 12.2 Å². The molecule has 16 heavy (non-hydrogen) atoms. The molecular weight excluding hydrogens is 342 g/mol. The standard InChI is InChI=1S/C9H9Br2N3O2/c10-5-2-1-3-6(11)8(5)9(16)7(15)4-13-14-12/h1-3,7,9,15-16H,4H2. The minimum Gasteiger partial charge on any atom is -0.390 e. The number of benzene rings is 1. The summed E-state index contributed by atoms with van der Waals surface area (Å²) in [4.78, 5) is 2.53. The molecule has 0 aliphatic heterocycles. The third-order valence-electron chi connectivity index (χ3n) is 1.99. The molecule has 86 valence electrons. The van der Waals surface area contributed by atoms with Crippen molar-refractivity contribution in [2.24, 2.45) is 5.11 Å². The van der Waals surface area contributed by atoms with E-state index in [0.29, 0.717) is 14.5 Å². The van der Waals surface area contributed by atoms with Crippen LogP contribution in [0.5, 0.6) is 0 Å². The van der Waals surface area contributed by atoms with E-state index >= 15 is 0 Å². The van der Waals surface area contributed by atoms with Crippen molar-refractivity contribution in [3.05, 3.63) is 43.2 Å². The molecule has 2 atom stereocenters. The first-order valence-corrected chi connectivity index (χ1v) is 5.97. The fraction of sp³-hybridized carbons (Fsp3) is 0.333. The maximum Gasteiger partial charge on any atom is 0.107 e. The molecule has 0 saturated carbocycles. The second-order valence-corrected chi connectivity index (χ2v) is 4.77. The summed E-state index contributed by atoms with van der Waals surface area (Å²) in [6.45, 7) is -0.175. The summed E-state index contributed by atoms with van der Waals surface area (Å²) in [5, 5.41) is 22.7. The van der Waals surface area contributed by atoms with Gasteiger partial charge in [0, 0.05) is 19.4 Å². The van der Waals surface area contributed by atoms with Gasteiger partial charge in [0.15, 0.2) is 0 Å². The Kier molecular flexibility index (Phi) is 5.24. The molecule has 7 heteroatoms. The highest BCUT2D eigenvalue weighted by Gasteiger charge is 2.22. The normalized spacial score (nSPS) is 14.0. The lowest BCUT2D eigenvalue weighted by molar-refractivity contribution is 0.0235. The molecule has 0 fully saturated rings. The maximum atomic E-state index is 9.88. The van der Waals surface area contributed by atoms with E-state index in [4.69, 9.17) is 5.53 Å². The van der Waals surface area contributed by atoms with Gasteiger partial charge in [-0.3, -0.25) is 0 Å². The lowest BCUT2D eigenvalue weighted by atomic mass is 10.0. The van der Waals surface area contributed by atoms with Crippen LogP contribution < -0.4 is 0 Å². The van der Waals surface area contributed by atoms with Gasteiger partial charge >= 0.3 is 0 Å². The van der Waals surface area contributed by atoms with Gasteiger partial charge < -0.3 is 10.2 Å². The molecule has 0 bridgehead atoms. The monoisotopic (exact) mass is 349 g/mol. The number of halogens is 2. The number of aliphatic hydroxyl groups excluding tert-OH is 2. The smallest absolute Gasteiger partial charge is 0.107 e. The summed E-state index contributed by atoms with van der Waals surface area (Å²) in [6, 6.07) is 5.30. The molecule has 0 heterocycles. The lowest BCUT2D eigenvalue weighted by Crippen LogP contribution is -2.21. The first-order valence-electron chi connectivity index (χ1n) is 4.38. The summed E-state index contributed by atoms with van der Waals surface area (Å²) in [5.41, 5.74) is 8.65. The maximum absolute atomic E-state index is 9.88. The van der Waals surface area contributed by atoms with Crippen LogP contribution in [0.15, 0.2) is 32.3 Å². The predicted octanol–water partition coefficient (Wildman–Crippen LogP) is 2.92. The Morgan fingerprint density at radius 3 is 2.38 bits per heavy atom. The Bertz CT molecular complexity index is 401. The van der Waals surface area contributed by atoms with Crippen LogP contribution in [-0.4, -0.2) is 22.9 Å². The summed E-state index contributed by atoms with van der Waals surface area (Å²) in [7, 11) is 0. The summed E-state index contributed by atoms with van der Waals surface area (Å²) < 4.78 is 1.35. The van der Waals surface area contributed by atoms with Crippen LogP contribution in [0.2, 0.25) is 0 Å². The van der Waals surface area contributed by atoms with Gasteiger partial charge in [0.05, 0.1) is 12.6 Å². The van der Waals surface area contributed by atoms with Crippen LogP contribution in [0.25, 0.3) is 10.4 Å². The number of aliphatic hydroxyl groups is 2. The number of nitrogens with zero attached hydrogens (tertiary/aromatic N) is 3. The van der Waals surface area contributed by atoms with Gasteiger partial charge in [-0.25, -0.2) is 0 Å². The van der Waals surface area contributed by atoms with Crippen LogP contribution in [0.4, 0.5) is 0 Å². The van der Waals surface area contributed by atoms with Crippen LogP contribution in [0.1, 0.15) is 11.7 Å². The molecule has 2 N–H and O–H groups in total. The third kappa shape index (κ3) is 3.20. The molecule has 0 aliphatic rings. The highest BCUT2D eigenvalue weighted by atomic mass is 79.9. The number of azide groups is 1. The number of hydrogen-bond acceptors (Lipinski definition) is 3. The zero-order valence-corrected chi connectivity index (χ0v) is 11.3. The van der Waals surface area contributed by atoms with Crippen LogP contribution in [-0.2, 0) is 0 Å². The Balaban J connectivity index is 2.95. The van der Waals surface area contributed by atoms with Gasteiger partial charge in [-0.1, -0.05) is 43.0 Å². The zero-order valence-electron chi connectivity index (χ0n) is 8.09. The predicted molar refractivity (Wildman–Crippen MR) is 66.8 cm³/mol. The highest BCUT2D eigenvalue weighted by Crippen LogP contribution is 2.32. The van der Waals surface area contributed by atoms with Crippen molar-refractivity contribution >= 4 is 31.9 Å². The van der Waals surface area contributed by atoms with Gasteiger partial charge in [0.1, 0.15) is 6.10 Å². The highest BCUT2D eigenvalue weighted by molar-refractivity contribution is 9.11. The van der Waals surface area contributed by atoms with Crippen LogP contribution in [0, 0.1) is 0 Å². The molecule has 0 aliphatic carbocycles. The van der Waals surface area contributed by atoms with Crippen molar-refractivity contribution in [3.8, 4) is 0 Å². The zero-order chi connectivity index (χ0) is 12.1. The lowest BCUT2D eigenvalue weighted by Gasteiger charge is -2.18. The van der Waals surface area contributed by atoms with Gasteiger partial charge in [0.2, 0.25) is 0 Å². The van der Waals surface area contributed by atoms with Crippen molar-refractivity contribution in [2.45, 2.75) is 12.2 Å². The second-order valence-electron chi connectivity index (χ2n) is 3.06. The van der Waals surface area contributed by atoms with Crippen LogP contribution >= 0.6 is 31.9 Å². The molecule has 1 rings (SSSR count). The van der Waals surface area contributed by atoms with E-state index in [0.717, 1.165) is 0 Å². The first kappa shape index (κ1) is 13.5. The molecule has 0 saturated heterocycles. The molecule has 5 nitrogen and oxygen atoms in total. The van der Waals surface area contributed by atoms with E-state index in [1.165, 1.54) is 0 Å². The Morgan fingerprint density at radius 2 is 1.88 bits per heavy atom. The molecule has 0 aromatic heterocycles. The average molecular weight is 351 g/mol. The van der Waals surface area contributed by atoms with Crippen LogP contribution in [0.3, 0.4) is 0 Å². The Morgan fingerprint density at radius 1 is 1.31 bits per heavy atom. The van der Waals surface area contributed by atoms with Gasteiger partial charge in [-0.05, 0) is 17.7 Å². The first-order chi connectivity index (χ1) is 7.57. The van der Waals surface area contributed by atoms with Crippen molar-refractivity contribution in [2.75, 3.05) is 6.54 Å². The van der Waals surface area contributed by atoms with Crippen molar-refractivity contribution in [3.63, 3.8) is 0 Å². The Hall–Kier alpha value is -0.590. The minimum atomic E-state index is -1.13. The average Bonchev–Trinajstić information content (AvgIpc) is 2.25. The largest absolute Gasteiger partial charge is 0.390 e. The summed E-state index contributed by atoms with van der Waals surface area (Å²) >= 11 is 6.56.